The Kier molecular flexibility index (Phi) is 3.65. The largest absolute Gasteiger partial charge is 0.319 e. The molecule has 22 heavy (non-hydrogen) atoms. The molecule has 0 saturated heterocycles. The van der Waals surface area contributed by atoms with Crippen LogP contribution in [0.3, 0.4) is 0 Å². The second kappa shape index (κ2) is 5.77. The summed E-state index contributed by atoms with van der Waals surface area (Å²) in [7, 11) is 0. The number of carbonyl (C=O) groups is 1. The van der Waals surface area contributed by atoms with Gasteiger partial charge >= 0.3 is 0 Å². The van der Waals surface area contributed by atoms with Crippen LogP contribution in [0.4, 0.5) is 10.1 Å². The fourth-order valence-corrected chi connectivity index (χ4v) is 2.06. The third-order valence-electron chi connectivity index (χ3n) is 3.11. The summed E-state index contributed by atoms with van der Waals surface area (Å²) >= 11 is 0. The van der Waals surface area contributed by atoms with Gasteiger partial charge in [0.1, 0.15) is 0 Å². The van der Waals surface area contributed by atoms with Crippen LogP contribution in [0.25, 0.3) is 5.69 Å². The highest BCUT2D eigenvalue weighted by molar-refractivity contribution is 6.02. The molecular weight excluding hydrogens is 283 g/mol. The Balaban J connectivity index is 1.83. The lowest BCUT2D eigenvalue weighted by atomic mass is 10.3. The normalized spacial score (nSPS) is 10.5. The quantitative estimate of drug-likeness (QED) is 0.756. The first-order chi connectivity index (χ1) is 10.6. The highest BCUT2D eigenvalue weighted by Crippen LogP contribution is 2.13. The minimum atomic E-state index is -0.595. The molecular formula is C16H13FN4O. The van der Waals surface area contributed by atoms with E-state index in [-0.39, 0.29) is 11.6 Å². The number of aryl methyl sites for hydroxylation is 1. The van der Waals surface area contributed by atoms with Crippen molar-refractivity contribution >= 4 is 11.6 Å². The van der Waals surface area contributed by atoms with Crippen LogP contribution in [-0.2, 0) is 0 Å². The molecule has 1 aromatic carbocycles. The second-order valence-corrected chi connectivity index (χ2v) is 4.74. The molecule has 6 heteroatoms. The average molecular weight is 296 g/mol. The van der Waals surface area contributed by atoms with E-state index in [9.17, 15) is 9.18 Å². The molecule has 0 saturated carbocycles. The fraction of sp³-hybridized carbons (Fsp3) is 0.0625. The number of hydrogen-bond acceptors (Lipinski definition) is 3. The smallest absolute Gasteiger partial charge is 0.276 e. The van der Waals surface area contributed by atoms with Crippen molar-refractivity contribution in [1.82, 2.24) is 14.8 Å². The molecule has 0 spiro atoms. The van der Waals surface area contributed by atoms with Gasteiger partial charge in [-0.3, -0.25) is 4.79 Å². The number of nitrogens with zero attached hydrogens (tertiary/aromatic N) is 3. The van der Waals surface area contributed by atoms with Gasteiger partial charge in [-0.1, -0.05) is 18.2 Å². The number of pyridine rings is 1. The minimum absolute atomic E-state index is 0.283. The van der Waals surface area contributed by atoms with Gasteiger partial charge in [0.15, 0.2) is 5.69 Å². The Labute approximate surface area is 126 Å². The summed E-state index contributed by atoms with van der Waals surface area (Å²) in [5.41, 5.74) is 2.42. The van der Waals surface area contributed by atoms with Gasteiger partial charge in [0.2, 0.25) is 5.95 Å². The molecule has 2 aromatic heterocycles. The molecule has 0 unspecified atom stereocenters. The van der Waals surface area contributed by atoms with Gasteiger partial charge in [0, 0.05) is 5.69 Å². The van der Waals surface area contributed by atoms with Crippen LogP contribution in [0.2, 0.25) is 0 Å². The van der Waals surface area contributed by atoms with E-state index in [1.807, 2.05) is 37.3 Å². The molecule has 3 aromatic rings. The van der Waals surface area contributed by atoms with Gasteiger partial charge in [-0.2, -0.15) is 9.49 Å². The lowest BCUT2D eigenvalue weighted by Crippen LogP contribution is -2.13. The number of rotatable bonds is 3. The maximum Gasteiger partial charge on any atom is 0.276 e. The minimum Gasteiger partial charge on any atom is -0.319 e. The number of aromatic nitrogens is 3. The molecule has 110 valence electrons. The van der Waals surface area contributed by atoms with E-state index >= 15 is 0 Å². The Bertz CT molecular complexity index is 797. The van der Waals surface area contributed by atoms with E-state index in [1.165, 1.54) is 18.3 Å². The second-order valence-electron chi connectivity index (χ2n) is 4.74. The highest BCUT2D eigenvalue weighted by Gasteiger charge is 2.13. The summed E-state index contributed by atoms with van der Waals surface area (Å²) in [6.07, 6.45) is 1.26. The number of halogens is 1. The zero-order valence-electron chi connectivity index (χ0n) is 11.8. The Hall–Kier alpha value is -3.02. The molecule has 1 N–H and O–H groups in total. The van der Waals surface area contributed by atoms with Gasteiger partial charge in [-0.05, 0) is 37.3 Å². The van der Waals surface area contributed by atoms with Crippen molar-refractivity contribution in [2.45, 2.75) is 6.92 Å². The lowest BCUT2D eigenvalue weighted by molar-refractivity contribution is 0.102. The van der Waals surface area contributed by atoms with Crippen molar-refractivity contribution in [2.75, 3.05) is 5.32 Å². The average Bonchev–Trinajstić information content (AvgIpc) is 2.92. The Morgan fingerprint density at radius 1 is 1.18 bits per heavy atom. The van der Waals surface area contributed by atoms with E-state index in [1.54, 1.807) is 10.7 Å². The number of anilines is 1. The van der Waals surface area contributed by atoms with Gasteiger partial charge in [-0.15, -0.1) is 0 Å². The van der Waals surface area contributed by atoms with Gasteiger partial charge < -0.3 is 5.32 Å². The Morgan fingerprint density at radius 3 is 2.64 bits per heavy atom. The van der Waals surface area contributed by atoms with E-state index in [4.69, 9.17) is 0 Å². The third kappa shape index (κ3) is 2.85. The SMILES string of the molecule is Cc1cc(C(=O)Nc2ccc(F)nc2)nn1-c1ccccc1. The third-order valence-corrected chi connectivity index (χ3v) is 3.11. The monoisotopic (exact) mass is 296 g/mol. The molecule has 0 fully saturated rings. The van der Waals surface area contributed by atoms with Crippen molar-refractivity contribution in [3.05, 3.63) is 72.1 Å². The van der Waals surface area contributed by atoms with Crippen LogP contribution in [0.5, 0.6) is 0 Å². The summed E-state index contributed by atoms with van der Waals surface area (Å²) in [6, 6.07) is 13.9. The summed E-state index contributed by atoms with van der Waals surface area (Å²) in [5, 5.41) is 6.94. The standard InChI is InChI=1S/C16H13FN4O/c1-11-9-14(20-21(11)13-5-3-2-4-6-13)16(22)19-12-7-8-15(17)18-10-12/h2-10H,1H3,(H,19,22). The van der Waals surface area contributed by atoms with Crippen LogP contribution in [0.15, 0.2) is 54.7 Å². The van der Waals surface area contributed by atoms with Crippen LogP contribution in [0.1, 0.15) is 16.2 Å². The first-order valence-corrected chi connectivity index (χ1v) is 6.68. The summed E-state index contributed by atoms with van der Waals surface area (Å²) in [5.74, 6) is -0.964. The van der Waals surface area contributed by atoms with Crippen LogP contribution >= 0.6 is 0 Å². The van der Waals surface area contributed by atoms with E-state index in [0.717, 1.165) is 11.4 Å². The zero-order chi connectivity index (χ0) is 15.5. The van der Waals surface area contributed by atoms with E-state index in [2.05, 4.69) is 15.4 Å². The number of hydrogen-bond donors (Lipinski definition) is 1. The van der Waals surface area contributed by atoms with Crippen LogP contribution < -0.4 is 5.32 Å². The number of para-hydroxylation sites is 1. The van der Waals surface area contributed by atoms with Gasteiger partial charge in [0.25, 0.3) is 5.91 Å². The number of nitrogens with one attached hydrogen (secondary N) is 1. The Morgan fingerprint density at radius 2 is 1.95 bits per heavy atom. The molecule has 3 rings (SSSR count). The number of carbonyl (C=O) groups excluding carboxylic acids is 1. The van der Waals surface area contributed by atoms with E-state index < -0.39 is 5.95 Å². The summed E-state index contributed by atoms with van der Waals surface area (Å²) in [4.78, 5) is 15.7. The van der Waals surface area contributed by atoms with Crippen LogP contribution in [-0.4, -0.2) is 20.7 Å². The molecule has 0 bridgehead atoms. The van der Waals surface area contributed by atoms with Crippen molar-refractivity contribution < 1.29 is 9.18 Å². The molecule has 0 aliphatic rings. The number of benzene rings is 1. The first kappa shape index (κ1) is 13.9. The predicted octanol–water partition coefficient (Wildman–Crippen LogP) is 2.97. The number of amides is 1. The molecule has 0 aliphatic heterocycles. The van der Waals surface area contributed by atoms with Crippen molar-refractivity contribution in [3.63, 3.8) is 0 Å². The first-order valence-electron chi connectivity index (χ1n) is 6.68. The molecule has 0 atom stereocenters. The zero-order valence-corrected chi connectivity index (χ0v) is 11.8. The molecule has 0 aliphatic carbocycles. The highest BCUT2D eigenvalue weighted by atomic mass is 19.1. The maximum absolute atomic E-state index is 12.8. The molecule has 5 nitrogen and oxygen atoms in total. The van der Waals surface area contributed by atoms with Crippen molar-refractivity contribution in [2.24, 2.45) is 0 Å². The van der Waals surface area contributed by atoms with Gasteiger partial charge in [-0.25, -0.2) is 9.67 Å². The molecule has 0 radical (unpaired) electrons. The van der Waals surface area contributed by atoms with E-state index in [0.29, 0.717) is 5.69 Å². The topological polar surface area (TPSA) is 59.8 Å². The van der Waals surface area contributed by atoms with Crippen LogP contribution in [0, 0.1) is 12.9 Å². The summed E-state index contributed by atoms with van der Waals surface area (Å²) in [6.45, 7) is 1.87. The molecule has 1 amide bonds. The van der Waals surface area contributed by atoms with Crippen molar-refractivity contribution in [1.29, 1.82) is 0 Å². The molecule has 2 heterocycles. The van der Waals surface area contributed by atoms with Crippen molar-refractivity contribution in [3.8, 4) is 5.69 Å². The predicted molar refractivity (Wildman–Crippen MR) is 80.4 cm³/mol. The summed E-state index contributed by atoms with van der Waals surface area (Å²) < 4.78 is 14.4. The fourth-order valence-electron chi connectivity index (χ4n) is 2.06. The lowest BCUT2D eigenvalue weighted by Gasteiger charge is -2.03. The maximum atomic E-state index is 12.8. The van der Waals surface area contributed by atoms with Gasteiger partial charge in [0.05, 0.1) is 17.6 Å².